The zero-order chi connectivity index (χ0) is 10.6. The molecule has 0 radical (unpaired) electrons. The first-order chi connectivity index (χ1) is 6.59. The SMILES string of the molecule is Cc1ncc(Br)c(NCCC(=O)O)n1. The monoisotopic (exact) mass is 259 g/mol. The van der Waals surface area contributed by atoms with Crippen LogP contribution in [0.2, 0.25) is 0 Å². The van der Waals surface area contributed by atoms with Gasteiger partial charge in [0.2, 0.25) is 0 Å². The van der Waals surface area contributed by atoms with Crippen LogP contribution < -0.4 is 5.32 Å². The minimum absolute atomic E-state index is 0.0650. The van der Waals surface area contributed by atoms with Crippen LogP contribution in [0.3, 0.4) is 0 Å². The van der Waals surface area contributed by atoms with Gasteiger partial charge in [0.15, 0.2) is 0 Å². The molecule has 1 heterocycles. The molecular weight excluding hydrogens is 250 g/mol. The lowest BCUT2D eigenvalue weighted by molar-refractivity contribution is -0.136. The number of anilines is 1. The molecule has 0 amide bonds. The first-order valence-corrected chi connectivity index (χ1v) is 4.83. The zero-order valence-corrected chi connectivity index (χ0v) is 9.21. The van der Waals surface area contributed by atoms with Crippen LogP contribution >= 0.6 is 15.9 Å². The molecule has 0 unspecified atom stereocenters. The molecule has 2 N–H and O–H groups in total. The topological polar surface area (TPSA) is 75.1 Å². The molecule has 0 aliphatic rings. The second-order valence-electron chi connectivity index (χ2n) is 2.68. The fraction of sp³-hybridized carbons (Fsp3) is 0.375. The number of carboxylic acid groups (broad SMARTS) is 1. The van der Waals surface area contributed by atoms with Crippen LogP contribution in [0.25, 0.3) is 0 Å². The Morgan fingerprint density at radius 1 is 1.71 bits per heavy atom. The summed E-state index contributed by atoms with van der Waals surface area (Å²) in [6, 6.07) is 0. The van der Waals surface area contributed by atoms with Crippen molar-refractivity contribution in [1.29, 1.82) is 0 Å². The fourth-order valence-corrected chi connectivity index (χ4v) is 1.20. The van der Waals surface area contributed by atoms with Gasteiger partial charge in [-0.25, -0.2) is 9.97 Å². The Morgan fingerprint density at radius 3 is 3.07 bits per heavy atom. The highest BCUT2D eigenvalue weighted by atomic mass is 79.9. The van der Waals surface area contributed by atoms with E-state index in [-0.39, 0.29) is 6.42 Å². The molecule has 6 heteroatoms. The molecule has 1 aromatic rings. The molecule has 5 nitrogen and oxygen atoms in total. The molecule has 14 heavy (non-hydrogen) atoms. The third-order valence-electron chi connectivity index (χ3n) is 1.50. The number of nitrogens with one attached hydrogen (secondary N) is 1. The molecule has 0 saturated heterocycles. The van der Waals surface area contributed by atoms with Crippen LogP contribution in [-0.4, -0.2) is 27.6 Å². The Hall–Kier alpha value is -1.17. The lowest BCUT2D eigenvalue weighted by Crippen LogP contribution is -2.09. The van der Waals surface area contributed by atoms with Crippen molar-refractivity contribution in [3.8, 4) is 0 Å². The summed E-state index contributed by atoms with van der Waals surface area (Å²) in [5, 5.41) is 11.3. The van der Waals surface area contributed by atoms with Crippen molar-refractivity contribution in [3.05, 3.63) is 16.5 Å². The number of carboxylic acids is 1. The molecule has 76 valence electrons. The lowest BCUT2D eigenvalue weighted by atomic mass is 10.4. The second kappa shape index (κ2) is 4.90. The van der Waals surface area contributed by atoms with Crippen LogP contribution in [0, 0.1) is 6.92 Å². The average Bonchev–Trinajstić information content (AvgIpc) is 2.10. The number of halogens is 1. The van der Waals surface area contributed by atoms with Gasteiger partial charge in [0.25, 0.3) is 0 Å². The fourth-order valence-electron chi connectivity index (χ4n) is 0.867. The number of carbonyl (C=O) groups is 1. The highest BCUT2D eigenvalue weighted by Crippen LogP contribution is 2.17. The summed E-state index contributed by atoms with van der Waals surface area (Å²) >= 11 is 3.26. The van der Waals surface area contributed by atoms with Gasteiger partial charge in [0.05, 0.1) is 10.9 Å². The summed E-state index contributed by atoms with van der Waals surface area (Å²) < 4.78 is 0.730. The first-order valence-electron chi connectivity index (χ1n) is 4.04. The third kappa shape index (κ3) is 3.29. The number of rotatable bonds is 4. The van der Waals surface area contributed by atoms with Crippen LogP contribution in [0.1, 0.15) is 12.2 Å². The van der Waals surface area contributed by atoms with E-state index in [4.69, 9.17) is 5.11 Å². The van der Waals surface area contributed by atoms with Gasteiger partial charge in [0, 0.05) is 12.7 Å². The average molecular weight is 260 g/mol. The molecule has 1 rings (SSSR count). The predicted octanol–water partition coefficient (Wildman–Crippen LogP) is 1.43. The maximum Gasteiger partial charge on any atom is 0.305 e. The van der Waals surface area contributed by atoms with Crippen molar-refractivity contribution in [1.82, 2.24) is 9.97 Å². The molecule has 1 aromatic heterocycles. The Bertz CT molecular complexity index is 343. The Balaban J connectivity index is 2.57. The van der Waals surface area contributed by atoms with Gasteiger partial charge >= 0.3 is 5.97 Å². The van der Waals surface area contributed by atoms with Gasteiger partial charge in [0.1, 0.15) is 11.6 Å². The van der Waals surface area contributed by atoms with E-state index in [1.807, 2.05) is 0 Å². The smallest absolute Gasteiger partial charge is 0.305 e. The van der Waals surface area contributed by atoms with Gasteiger partial charge in [-0.3, -0.25) is 4.79 Å². The number of aryl methyl sites for hydroxylation is 1. The summed E-state index contributed by atoms with van der Waals surface area (Å²) in [5.41, 5.74) is 0. The van der Waals surface area contributed by atoms with E-state index in [1.54, 1.807) is 13.1 Å². The largest absolute Gasteiger partial charge is 0.481 e. The van der Waals surface area contributed by atoms with Crippen LogP contribution in [-0.2, 0) is 4.79 Å². The summed E-state index contributed by atoms with van der Waals surface area (Å²) in [7, 11) is 0. The molecule has 0 spiro atoms. The maximum atomic E-state index is 10.3. The quantitative estimate of drug-likeness (QED) is 0.856. The normalized spacial score (nSPS) is 9.86. The third-order valence-corrected chi connectivity index (χ3v) is 2.08. The van der Waals surface area contributed by atoms with Crippen molar-refractivity contribution in [2.24, 2.45) is 0 Å². The van der Waals surface area contributed by atoms with Crippen molar-refractivity contribution in [3.63, 3.8) is 0 Å². The standard InChI is InChI=1S/C8H10BrN3O2/c1-5-11-4-6(9)8(12-5)10-3-2-7(13)14/h4H,2-3H2,1H3,(H,13,14)(H,10,11,12). The van der Waals surface area contributed by atoms with Gasteiger partial charge in [-0.1, -0.05) is 0 Å². The lowest BCUT2D eigenvalue weighted by Gasteiger charge is -2.05. The number of nitrogens with zero attached hydrogens (tertiary/aromatic N) is 2. The van der Waals surface area contributed by atoms with Gasteiger partial charge in [-0.2, -0.15) is 0 Å². The summed E-state index contributed by atoms with van der Waals surface area (Å²) in [6.07, 6.45) is 1.70. The van der Waals surface area contributed by atoms with E-state index in [2.05, 4.69) is 31.2 Å². The highest BCUT2D eigenvalue weighted by Gasteiger charge is 2.02. The minimum Gasteiger partial charge on any atom is -0.481 e. The van der Waals surface area contributed by atoms with Gasteiger partial charge in [-0.05, 0) is 22.9 Å². The Kier molecular flexibility index (Phi) is 3.82. The van der Waals surface area contributed by atoms with Crippen LogP contribution in [0.4, 0.5) is 5.82 Å². The van der Waals surface area contributed by atoms with E-state index in [0.29, 0.717) is 18.2 Å². The molecule has 0 aliphatic carbocycles. The maximum absolute atomic E-state index is 10.3. The molecule has 0 fully saturated rings. The molecule has 0 aliphatic heterocycles. The van der Waals surface area contributed by atoms with Crippen LogP contribution in [0.15, 0.2) is 10.7 Å². The van der Waals surface area contributed by atoms with E-state index in [1.165, 1.54) is 0 Å². The molecular formula is C8H10BrN3O2. The number of hydrogen-bond donors (Lipinski definition) is 2. The summed E-state index contributed by atoms with van der Waals surface area (Å²) in [5.74, 6) is 0.434. The van der Waals surface area contributed by atoms with Crippen molar-refractivity contribution in [2.75, 3.05) is 11.9 Å². The number of aromatic nitrogens is 2. The molecule has 0 saturated carbocycles. The summed E-state index contributed by atoms with van der Waals surface area (Å²) in [4.78, 5) is 18.3. The van der Waals surface area contributed by atoms with Crippen molar-refractivity contribution >= 4 is 27.7 Å². The Morgan fingerprint density at radius 2 is 2.43 bits per heavy atom. The molecule has 0 aromatic carbocycles. The minimum atomic E-state index is -0.834. The Labute approximate surface area is 89.7 Å². The highest BCUT2D eigenvalue weighted by molar-refractivity contribution is 9.10. The zero-order valence-electron chi connectivity index (χ0n) is 7.62. The summed E-state index contributed by atoms with van der Waals surface area (Å²) in [6.45, 7) is 2.12. The van der Waals surface area contributed by atoms with Gasteiger partial charge < -0.3 is 10.4 Å². The van der Waals surface area contributed by atoms with E-state index in [0.717, 1.165) is 4.47 Å². The molecule has 0 bridgehead atoms. The number of hydrogen-bond acceptors (Lipinski definition) is 4. The first kappa shape index (κ1) is 10.9. The van der Waals surface area contributed by atoms with E-state index in [9.17, 15) is 4.79 Å². The van der Waals surface area contributed by atoms with Crippen LogP contribution in [0.5, 0.6) is 0 Å². The van der Waals surface area contributed by atoms with E-state index < -0.39 is 5.97 Å². The molecule has 0 atom stereocenters. The van der Waals surface area contributed by atoms with Crippen molar-refractivity contribution in [2.45, 2.75) is 13.3 Å². The number of aliphatic carboxylic acids is 1. The predicted molar refractivity (Wildman–Crippen MR) is 55.2 cm³/mol. The van der Waals surface area contributed by atoms with Crippen molar-refractivity contribution < 1.29 is 9.90 Å². The van der Waals surface area contributed by atoms with Gasteiger partial charge in [-0.15, -0.1) is 0 Å². The van der Waals surface area contributed by atoms with E-state index >= 15 is 0 Å². The second-order valence-corrected chi connectivity index (χ2v) is 3.54.